The van der Waals surface area contributed by atoms with E-state index >= 15 is 0 Å². The number of hydrogen-bond acceptors (Lipinski definition) is 13. The van der Waals surface area contributed by atoms with Crippen LogP contribution in [0.3, 0.4) is 0 Å². The molecule has 2 heterocycles. The van der Waals surface area contributed by atoms with Gasteiger partial charge in [-0.25, -0.2) is 0 Å². The smallest absolute Gasteiger partial charge is 0.299 e. The molecule has 17 heteroatoms. The lowest BCUT2D eigenvalue weighted by molar-refractivity contribution is -0.393. The van der Waals surface area contributed by atoms with E-state index in [-0.39, 0.29) is 70.7 Å². The Morgan fingerprint density at radius 1 is 1.05 bits per heavy atom. The van der Waals surface area contributed by atoms with Crippen LogP contribution in [-0.4, -0.2) is 113 Å². The molecule has 1 aromatic carbocycles. The zero-order valence-electron chi connectivity index (χ0n) is 22.4. The van der Waals surface area contributed by atoms with Gasteiger partial charge >= 0.3 is 0 Å². The van der Waals surface area contributed by atoms with Crippen LogP contribution in [0.15, 0.2) is 30.6 Å². The number of aliphatic hydroxyl groups excluding tert-OH is 2. The number of carbonyl (C=O) groups excluding carboxylic acids is 1. The van der Waals surface area contributed by atoms with Crippen molar-refractivity contribution in [3.63, 3.8) is 0 Å². The number of rotatable bonds is 17. The number of nitrogens with zero attached hydrogens (tertiary/aromatic N) is 4. The van der Waals surface area contributed by atoms with Crippen LogP contribution in [0.5, 0.6) is 0 Å². The van der Waals surface area contributed by atoms with Gasteiger partial charge in [-0.15, -0.1) is 0 Å². The van der Waals surface area contributed by atoms with Crippen LogP contribution in [0.25, 0.3) is 0 Å². The van der Waals surface area contributed by atoms with E-state index in [0.717, 1.165) is 6.07 Å². The maximum absolute atomic E-state index is 12.4. The molecule has 0 bridgehead atoms. The molecule has 1 aliphatic rings. The molecular weight excluding hydrogens is 548 g/mol. The molecule has 0 radical (unpaired) electrons. The third kappa shape index (κ3) is 9.41. The zero-order chi connectivity index (χ0) is 29.8. The van der Waals surface area contributed by atoms with Gasteiger partial charge in [0.1, 0.15) is 11.8 Å². The van der Waals surface area contributed by atoms with Gasteiger partial charge in [0, 0.05) is 38.3 Å². The standard InChI is InChI=1S/C24H34N6O11/c1-28-14-16(13-27-28)18-15-41-23(22(32)21(18)31)24(33)26-5-7-39-9-11-40-10-8-38-6-4-25-19-3-2-17(29(34)35)12-20(19)30(36)37/h2-3,12-14,18,21-23,25,31-32H,4-11,15H2,1H3,(H,26,33)/t18-,21+,22+,23-/m0/s1. The van der Waals surface area contributed by atoms with Crippen molar-refractivity contribution in [3.8, 4) is 0 Å². The second-order valence-corrected chi connectivity index (χ2v) is 9.06. The summed E-state index contributed by atoms with van der Waals surface area (Å²) in [6, 6.07) is 3.36. The minimum Gasteiger partial charge on any atom is -0.390 e. The van der Waals surface area contributed by atoms with Crippen LogP contribution in [-0.2, 0) is 30.8 Å². The number of amides is 1. The molecule has 0 saturated carbocycles. The number of non-ortho nitro benzene ring substituents is 1. The molecule has 0 aliphatic carbocycles. The van der Waals surface area contributed by atoms with E-state index in [4.69, 9.17) is 18.9 Å². The molecule has 0 spiro atoms. The van der Waals surface area contributed by atoms with E-state index in [9.17, 15) is 35.2 Å². The van der Waals surface area contributed by atoms with Gasteiger partial charge in [-0.1, -0.05) is 0 Å². The third-order valence-electron chi connectivity index (χ3n) is 6.18. The Morgan fingerprint density at radius 2 is 1.71 bits per heavy atom. The van der Waals surface area contributed by atoms with Crippen molar-refractivity contribution in [1.29, 1.82) is 0 Å². The normalized spacial score (nSPS) is 20.5. The van der Waals surface area contributed by atoms with Crippen LogP contribution in [0.2, 0.25) is 0 Å². The van der Waals surface area contributed by atoms with Crippen molar-refractivity contribution in [1.82, 2.24) is 15.1 Å². The van der Waals surface area contributed by atoms with Gasteiger partial charge in [0.05, 0.1) is 74.5 Å². The number of benzene rings is 1. The number of aryl methyl sites for hydroxylation is 1. The quantitative estimate of drug-likeness (QED) is 0.107. The highest BCUT2D eigenvalue weighted by Crippen LogP contribution is 2.30. The maximum atomic E-state index is 12.4. The van der Waals surface area contributed by atoms with Gasteiger partial charge in [-0.05, 0) is 11.6 Å². The molecule has 1 saturated heterocycles. The van der Waals surface area contributed by atoms with E-state index in [1.807, 2.05) is 0 Å². The lowest BCUT2D eigenvalue weighted by Gasteiger charge is -2.36. The second-order valence-electron chi connectivity index (χ2n) is 9.06. The molecule has 1 amide bonds. The highest BCUT2D eigenvalue weighted by molar-refractivity contribution is 5.81. The number of nitro groups is 2. The van der Waals surface area contributed by atoms with Gasteiger partial charge in [-0.2, -0.15) is 5.10 Å². The van der Waals surface area contributed by atoms with Crippen molar-refractivity contribution in [2.24, 2.45) is 7.05 Å². The highest BCUT2D eigenvalue weighted by Gasteiger charge is 2.42. The van der Waals surface area contributed by atoms with Gasteiger partial charge in [0.2, 0.25) is 0 Å². The molecular formula is C24H34N6O11. The van der Waals surface area contributed by atoms with Crippen LogP contribution >= 0.6 is 0 Å². The van der Waals surface area contributed by atoms with Crippen LogP contribution in [0.4, 0.5) is 17.1 Å². The topological polar surface area (TPSA) is 223 Å². The monoisotopic (exact) mass is 582 g/mol. The van der Waals surface area contributed by atoms with Crippen molar-refractivity contribution < 1.29 is 43.8 Å². The van der Waals surface area contributed by atoms with Crippen LogP contribution in [0.1, 0.15) is 11.5 Å². The van der Waals surface area contributed by atoms with Crippen LogP contribution < -0.4 is 10.6 Å². The SMILES string of the molecule is Cn1cc([C@@H]2CO[C@H](C(=O)NCCOCCOCCOCCNc3ccc([N+](=O)[O-])cc3[N+](=O)[O-])[C@H](O)[C@@H]2O)cn1. The van der Waals surface area contributed by atoms with E-state index in [1.54, 1.807) is 24.1 Å². The summed E-state index contributed by atoms with van der Waals surface area (Å²) in [6.45, 7) is 2.06. The number of nitro benzene ring substituents is 2. The molecule has 3 rings (SSSR count). The molecule has 4 atom stereocenters. The van der Waals surface area contributed by atoms with E-state index in [2.05, 4.69) is 15.7 Å². The van der Waals surface area contributed by atoms with Crippen molar-refractivity contribution in [2.45, 2.75) is 24.2 Å². The first-order chi connectivity index (χ1) is 19.7. The summed E-state index contributed by atoms with van der Waals surface area (Å²) in [5.41, 5.74) is 0.110. The number of hydrogen-bond donors (Lipinski definition) is 4. The van der Waals surface area contributed by atoms with Gasteiger partial charge in [-0.3, -0.25) is 29.7 Å². The molecule has 0 unspecified atom stereocenters. The Labute approximate surface area is 234 Å². The van der Waals surface area contributed by atoms with Gasteiger partial charge < -0.3 is 39.8 Å². The summed E-state index contributed by atoms with van der Waals surface area (Å²) >= 11 is 0. The van der Waals surface area contributed by atoms with Crippen molar-refractivity contribution >= 4 is 23.0 Å². The average molecular weight is 583 g/mol. The zero-order valence-corrected chi connectivity index (χ0v) is 22.4. The maximum Gasteiger partial charge on any atom is 0.299 e. The number of nitrogens with one attached hydrogen (secondary N) is 2. The van der Waals surface area contributed by atoms with E-state index in [1.165, 1.54) is 12.1 Å². The van der Waals surface area contributed by atoms with E-state index in [0.29, 0.717) is 5.56 Å². The summed E-state index contributed by atoms with van der Waals surface area (Å²) in [4.78, 5) is 32.9. The minimum absolute atomic E-state index is 0.0678. The number of anilines is 1. The fraction of sp³-hybridized carbons (Fsp3) is 0.583. The van der Waals surface area contributed by atoms with Crippen molar-refractivity contribution in [2.75, 3.05) is 64.7 Å². The summed E-state index contributed by atoms with van der Waals surface area (Å²) < 4.78 is 23.3. The third-order valence-corrected chi connectivity index (χ3v) is 6.18. The van der Waals surface area contributed by atoms with Gasteiger partial charge in [0.25, 0.3) is 17.3 Å². The molecule has 226 valence electrons. The molecule has 4 N–H and O–H groups in total. The number of aromatic nitrogens is 2. The first-order valence-corrected chi connectivity index (χ1v) is 12.8. The fourth-order valence-corrected chi connectivity index (χ4v) is 4.06. The van der Waals surface area contributed by atoms with Gasteiger partial charge in [0.15, 0.2) is 6.10 Å². The van der Waals surface area contributed by atoms with Crippen LogP contribution in [0, 0.1) is 20.2 Å². The Kier molecular flexibility index (Phi) is 12.3. The molecule has 17 nitrogen and oxygen atoms in total. The number of ether oxygens (including phenoxy) is 4. The first kappa shape index (κ1) is 31.8. The number of aliphatic hydroxyl groups is 2. The summed E-state index contributed by atoms with van der Waals surface area (Å²) in [5, 5.41) is 52.2. The lowest BCUT2D eigenvalue weighted by atomic mass is 9.88. The largest absolute Gasteiger partial charge is 0.390 e. The molecule has 1 aliphatic heterocycles. The Balaban J connectivity index is 1.18. The lowest BCUT2D eigenvalue weighted by Crippen LogP contribution is -2.55. The average Bonchev–Trinajstić information content (AvgIpc) is 3.38. The predicted octanol–water partition coefficient (Wildman–Crippen LogP) is -0.281. The second kappa shape index (κ2) is 15.9. The summed E-state index contributed by atoms with van der Waals surface area (Å²) in [7, 11) is 1.74. The number of carbonyl (C=O) groups is 1. The molecule has 41 heavy (non-hydrogen) atoms. The summed E-state index contributed by atoms with van der Waals surface area (Å²) in [5.74, 6) is -1.03. The Hall–Kier alpha value is -3.74. The minimum atomic E-state index is -1.39. The predicted molar refractivity (Wildman–Crippen MR) is 141 cm³/mol. The summed E-state index contributed by atoms with van der Waals surface area (Å²) in [6.07, 6.45) is -0.448. The molecule has 1 fully saturated rings. The molecule has 1 aromatic heterocycles. The fourth-order valence-electron chi connectivity index (χ4n) is 4.06. The Morgan fingerprint density at radius 3 is 2.32 bits per heavy atom. The van der Waals surface area contributed by atoms with E-state index < -0.39 is 45.7 Å². The van der Waals surface area contributed by atoms with Crippen molar-refractivity contribution in [3.05, 3.63) is 56.4 Å². The first-order valence-electron chi connectivity index (χ1n) is 12.8. The Bertz CT molecular complexity index is 1160. The molecule has 2 aromatic rings. The highest BCUT2D eigenvalue weighted by atomic mass is 16.6.